The average molecular weight is 244 g/mol. The van der Waals surface area contributed by atoms with Crippen LogP contribution in [0.15, 0.2) is 0 Å². The lowest BCUT2D eigenvalue weighted by Crippen LogP contribution is -2.42. The molecule has 2 rings (SSSR count). The van der Waals surface area contributed by atoms with Crippen molar-refractivity contribution in [3.8, 4) is 0 Å². The summed E-state index contributed by atoms with van der Waals surface area (Å²) in [5, 5.41) is 6.17. The van der Waals surface area contributed by atoms with Crippen LogP contribution in [0.4, 0.5) is 0 Å². The minimum Gasteiger partial charge on any atom is -0.355 e. The van der Waals surface area contributed by atoms with Gasteiger partial charge in [-0.25, -0.2) is 0 Å². The first kappa shape index (κ1) is 12.0. The zero-order valence-corrected chi connectivity index (χ0v) is 10.4. The molecule has 1 aliphatic heterocycles. The van der Waals surface area contributed by atoms with Crippen LogP contribution in [0.3, 0.4) is 0 Å². The van der Waals surface area contributed by atoms with Crippen LogP contribution in [0, 0.1) is 5.92 Å². The Balaban J connectivity index is 1.55. The maximum atomic E-state index is 11.4. The zero-order chi connectivity index (χ0) is 11.4. The summed E-state index contributed by atoms with van der Waals surface area (Å²) in [7, 11) is -0.617. The third kappa shape index (κ3) is 4.22. The molecule has 92 valence electrons. The fourth-order valence-electron chi connectivity index (χ4n) is 1.88. The van der Waals surface area contributed by atoms with Crippen LogP contribution in [-0.4, -0.2) is 40.8 Å². The standard InChI is InChI=1S/C11H20N2O2S/c14-11(13-7-9-1-2-9)8-12-10-3-5-16(15)6-4-10/h9-10,12H,1-8H2,(H,13,14). The van der Waals surface area contributed by atoms with Crippen molar-refractivity contribution in [3.05, 3.63) is 0 Å². The molecule has 0 aromatic carbocycles. The summed E-state index contributed by atoms with van der Waals surface area (Å²) in [6.07, 6.45) is 4.40. The zero-order valence-electron chi connectivity index (χ0n) is 9.54. The lowest BCUT2D eigenvalue weighted by molar-refractivity contribution is -0.120. The minimum absolute atomic E-state index is 0.0959. The Morgan fingerprint density at radius 2 is 1.88 bits per heavy atom. The molecule has 0 unspecified atom stereocenters. The summed E-state index contributed by atoms with van der Waals surface area (Å²) in [6.45, 7) is 1.25. The molecule has 2 N–H and O–H groups in total. The number of carbonyl (C=O) groups is 1. The summed E-state index contributed by atoms with van der Waals surface area (Å²) in [6, 6.07) is 0.379. The first-order chi connectivity index (χ1) is 7.74. The number of nitrogens with one attached hydrogen (secondary N) is 2. The van der Waals surface area contributed by atoms with E-state index in [1.165, 1.54) is 12.8 Å². The summed E-state index contributed by atoms with van der Waals surface area (Å²) in [4.78, 5) is 11.4. The highest BCUT2D eigenvalue weighted by Gasteiger charge is 2.22. The van der Waals surface area contributed by atoms with E-state index >= 15 is 0 Å². The molecule has 4 nitrogen and oxygen atoms in total. The fraction of sp³-hybridized carbons (Fsp3) is 0.909. The lowest BCUT2D eigenvalue weighted by atomic mass is 10.1. The Kier molecular flexibility index (Phi) is 4.35. The highest BCUT2D eigenvalue weighted by molar-refractivity contribution is 7.85. The largest absolute Gasteiger partial charge is 0.355 e. The molecule has 0 spiro atoms. The molecular formula is C11H20N2O2S. The van der Waals surface area contributed by atoms with Crippen LogP contribution in [0.1, 0.15) is 25.7 Å². The van der Waals surface area contributed by atoms with Crippen molar-refractivity contribution < 1.29 is 9.00 Å². The maximum Gasteiger partial charge on any atom is 0.233 e. The lowest BCUT2D eigenvalue weighted by Gasteiger charge is -2.22. The molecular weight excluding hydrogens is 224 g/mol. The topological polar surface area (TPSA) is 58.2 Å². The first-order valence-electron chi connectivity index (χ1n) is 6.09. The van der Waals surface area contributed by atoms with Crippen molar-refractivity contribution in [2.45, 2.75) is 31.7 Å². The molecule has 0 bridgehead atoms. The Morgan fingerprint density at radius 1 is 1.19 bits per heavy atom. The van der Waals surface area contributed by atoms with Gasteiger partial charge in [-0.1, -0.05) is 0 Å². The van der Waals surface area contributed by atoms with Gasteiger partial charge in [0.05, 0.1) is 6.54 Å². The molecule has 0 atom stereocenters. The van der Waals surface area contributed by atoms with E-state index in [0.717, 1.165) is 36.8 Å². The Labute approximate surface area is 99.0 Å². The van der Waals surface area contributed by atoms with E-state index in [1.54, 1.807) is 0 Å². The van der Waals surface area contributed by atoms with Crippen molar-refractivity contribution in [2.75, 3.05) is 24.6 Å². The van der Waals surface area contributed by atoms with E-state index in [9.17, 15) is 9.00 Å². The highest BCUT2D eigenvalue weighted by atomic mass is 32.2. The van der Waals surface area contributed by atoms with E-state index in [2.05, 4.69) is 10.6 Å². The molecule has 1 amide bonds. The van der Waals surface area contributed by atoms with Crippen molar-refractivity contribution in [1.29, 1.82) is 0 Å². The van der Waals surface area contributed by atoms with Gasteiger partial charge in [0.15, 0.2) is 0 Å². The van der Waals surface area contributed by atoms with Crippen molar-refractivity contribution in [1.82, 2.24) is 10.6 Å². The molecule has 0 radical (unpaired) electrons. The van der Waals surface area contributed by atoms with Crippen LogP contribution in [-0.2, 0) is 15.6 Å². The number of carbonyl (C=O) groups excluding carboxylic acids is 1. The van der Waals surface area contributed by atoms with Crippen LogP contribution < -0.4 is 10.6 Å². The van der Waals surface area contributed by atoms with Gasteiger partial charge in [-0.15, -0.1) is 0 Å². The van der Waals surface area contributed by atoms with Crippen LogP contribution in [0.5, 0.6) is 0 Å². The summed E-state index contributed by atoms with van der Waals surface area (Å²) < 4.78 is 11.1. The highest BCUT2D eigenvalue weighted by Crippen LogP contribution is 2.27. The van der Waals surface area contributed by atoms with Gasteiger partial charge in [0.25, 0.3) is 0 Å². The van der Waals surface area contributed by atoms with Gasteiger partial charge in [0.2, 0.25) is 5.91 Å². The Bertz CT molecular complexity index is 269. The molecule has 1 saturated carbocycles. The second kappa shape index (κ2) is 5.77. The number of hydrogen-bond acceptors (Lipinski definition) is 3. The molecule has 2 aliphatic rings. The van der Waals surface area contributed by atoms with Crippen LogP contribution in [0.25, 0.3) is 0 Å². The monoisotopic (exact) mass is 244 g/mol. The predicted octanol–water partition coefficient (Wildman–Crippen LogP) is 0.0133. The molecule has 16 heavy (non-hydrogen) atoms. The van der Waals surface area contributed by atoms with E-state index in [4.69, 9.17) is 0 Å². The minimum atomic E-state index is -0.617. The van der Waals surface area contributed by atoms with Crippen molar-refractivity contribution in [3.63, 3.8) is 0 Å². The molecule has 0 aromatic rings. The SMILES string of the molecule is O=C(CNC1CCS(=O)CC1)NCC1CC1. The van der Waals surface area contributed by atoms with Gasteiger partial charge in [0.1, 0.15) is 0 Å². The molecule has 1 heterocycles. The Hall–Kier alpha value is -0.420. The predicted molar refractivity (Wildman–Crippen MR) is 64.6 cm³/mol. The summed E-state index contributed by atoms with van der Waals surface area (Å²) in [5.41, 5.74) is 0. The van der Waals surface area contributed by atoms with Gasteiger partial charge in [-0.3, -0.25) is 9.00 Å². The molecule has 1 aliphatic carbocycles. The average Bonchev–Trinajstić information content (AvgIpc) is 3.09. The third-order valence-corrected chi connectivity index (χ3v) is 4.61. The van der Waals surface area contributed by atoms with Crippen LogP contribution in [0.2, 0.25) is 0 Å². The van der Waals surface area contributed by atoms with Gasteiger partial charge in [0, 0.05) is 34.9 Å². The Morgan fingerprint density at radius 3 is 2.50 bits per heavy atom. The second-order valence-corrected chi connectivity index (χ2v) is 6.45. The smallest absolute Gasteiger partial charge is 0.233 e. The maximum absolute atomic E-state index is 11.4. The van der Waals surface area contributed by atoms with Gasteiger partial charge in [-0.2, -0.15) is 0 Å². The quantitative estimate of drug-likeness (QED) is 0.716. The number of hydrogen-bond donors (Lipinski definition) is 2. The van der Waals surface area contributed by atoms with E-state index in [-0.39, 0.29) is 5.91 Å². The molecule has 1 saturated heterocycles. The van der Waals surface area contributed by atoms with Gasteiger partial charge in [-0.05, 0) is 31.6 Å². The molecule has 2 fully saturated rings. The normalized spacial score (nSPS) is 30.0. The van der Waals surface area contributed by atoms with Crippen LogP contribution >= 0.6 is 0 Å². The fourth-order valence-corrected chi connectivity index (χ4v) is 3.18. The number of amides is 1. The first-order valence-corrected chi connectivity index (χ1v) is 7.58. The van der Waals surface area contributed by atoms with Crippen molar-refractivity contribution >= 4 is 16.7 Å². The van der Waals surface area contributed by atoms with E-state index in [0.29, 0.717) is 12.6 Å². The van der Waals surface area contributed by atoms with E-state index < -0.39 is 10.8 Å². The molecule has 5 heteroatoms. The van der Waals surface area contributed by atoms with Gasteiger partial charge < -0.3 is 10.6 Å². The summed E-state index contributed by atoms with van der Waals surface area (Å²) in [5.74, 6) is 2.39. The number of rotatable bonds is 5. The van der Waals surface area contributed by atoms with Crippen molar-refractivity contribution in [2.24, 2.45) is 5.92 Å². The van der Waals surface area contributed by atoms with E-state index in [1.807, 2.05) is 0 Å². The second-order valence-electron chi connectivity index (χ2n) is 4.75. The molecule has 0 aromatic heterocycles. The summed E-state index contributed by atoms with van der Waals surface area (Å²) >= 11 is 0. The third-order valence-electron chi connectivity index (χ3n) is 3.22. The van der Waals surface area contributed by atoms with Gasteiger partial charge >= 0.3 is 0 Å².